The van der Waals surface area contributed by atoms with E-state index in [4.69, 9.17) is 34.7 Å². The standard InChI is InChI=1S/C33H39FN2O5Si.C23H20BrFN2O4.C10H20OSi/c1-9-20-22-17-36-27(15-24-23(30(36)37)18-40-31(38)33(24,39)10-2)29(22)35-26-16-25(34)19(3)21(28(20)26)13-11-12-14-41-42(7,8)32(4,5)6;1-4-11-12-8-27-17(20(12)26-16-7-15(25)10(3)19(24)18(11)16)6-14-13(21(27)28)9-31-22(29)23(14,30)5-2;1-7-8-9-11-12(5,6)10(2,3)4/h15-16,39H,9-10,12,14,17-18H2,1-8H3;6-7,30H,4-5,8-9H2,1-3H3;1H,8-9H2,2-6H3/t33-;23-;/m00./s1. The van der Waals surface area contributed by atoms with E-state index in [1.54, 1.807) is 49.0 Å². The average Bonchev–Trinajstić information content (AvgIpc) is 1.88. The van der Waals surface area contributed by atoms with Gasteiger partial charge in [-0.25, -0.2) is 28.3 Å². The Morgan fingerprint density at radius 1 is 0.671 bits per heavy atom. The van der Waals surface area contributed by atoms with Crippen molar-refractivity contribution in [2.75, 3.05) is 13.2 Å². The highest BCUT2D eigenvalue weighted by atomic mass is 79.9. The molecule has 14 nitrogen and oxygen atoms in total. The second-order valence-electron chi connectivity index (χ2n) is 25.4. The van der Waals surface area contributed by atoms with Crippen LogP contribution in [0.2, 0.25) is 36.3 Å². The summed E-state index contributed by atoms with van der Waals surface area (Å²) >= 11 is 3.53. The predicted octanol–water partition coefficient (Wildman–Crippen LogP) is 12.7. The Kier molecular flexibility index (Phi) is 18.2. The highest BCUT2D eigenvalue weighted by Gasteiger charge is 2.47. The van der Waals surface area contributed by atoms with E-state index in [-0.39, 0.29) is 76.8 Å². The van der Waals surface area contributed by atoms with E-state index in [2.05, 4.69) is 101 Å². The second kappa shape index (κ2) is 23.8. The van der Waals surface area contributed by atoms with Crippen LogP contribution < -0.4 is 11.1 Å². The first kappa shape index (κ1) is 64.8. The van der Waals surface area contributed by atoms with Crippen LogP contribution in [0, 0.1) is 49.7 Å². The number of carbonyl (C=O) groups excluding carboxylic acids is 2. The van der Waals surface area contributed by atoms with E-state index in [0.717, 1.165) is 39.4 Å². The van der Waals surface area contributed by atoms with Crippen LogP contribution in [0.4, 0.5) is 8.78 Å². The lowest BCUT2D eigenvalue weighted by Crippen LogP contribution is -2.44. The number of nitrogens with zero attached hydrogens (tertiary/aromatic N) is 4. The Labute approximate surface area is 507 Å². The van der Waals surface area contributed by atoms with Crippen molar-refractivity contribution in [2.45, 2.75) is 195 Å². The second-order valence-corrected chi connectivity index (χ2v) is 35.8. The molecule has 2 atom stereocenters. The molecule has 0 aliphatic carbocycles. The molecular weight excluding hydrogens is 1180 g/mol. The number of aliphatic hydroxyl groups is 2. The van der Waals surface area contributed by atoms with Gasteiger partial charge in [-0.1, -0.05) is 81.1 Å². The molecule has 2 aromatic carbocycles. The van der Waals surface area contributed by atoms with Gasteiger partial charge in [0, 0.05) is 86.8 Å². The first-order valence-corrected chi connectivity index (χ1v) is 35.8. The minimum atomic E-state index is -1.91. The molecule has 85 heavy (non-hydrogen) atoms. The molecule has 0 fully saturated rings. The molecule has 0 saturated carbocycles. The van der Waals surface area contributed by atoms with Crippen LogP contribution in [0.3, 0.4) is 0 Å². The van der Waals surface area contributed by atoms with Crippen LogP contribution in [0.1, 0.15) is 156 Å². The number of esters is 2. The molecule has 19 heteroatoms. The predicted molar refractivity (Wildman–Crippen MR) is 336 cm³/mol. The van der Waals surface area contributed by atoms with Crippen LogP contribution in [-0.2, 0) is 78.3 Å². The number of carbonyl (C=O) groups is 2. The molecule has 8 heterocycles. The van der Waals surface area contributed by atoms with Gasteiger partial charge in [0.15, 0.2) is 27.8 Å². The first-order chi connectivity index (χ1) is 39.7. The minimum absolute atomic E-state index is 0.0629. The van der Waals surface area contributed by atoms with Crippen molar-refractivity contribution in [3.05, 3.63) is 122 Å². The Balaban J connectivity index is 0.000000191. The zero-order chi connectivity index (χ0) is 62.8. The molecule has 10 rings (SSSR count). The van der Waals surface area contributed by atoms with Gasteiger partial charge in [0.05, 0.1) is 58.0 Å². The van der Waals surface area contributed by atoms with Gasteiger partial charge in [0.1, 0.15) is 24.8 Å². The Hall–Kier alpha value is -6.17. The normalized spacial score (nSPS) is 17.6. The summed E-state index contributed by atoms with van der Waals surface area (Å²) in [6, 6.07) is 6.19. The summed E-state index contributed by atoms with van der Waals surface area (Å²) in [5, 5.41) is 24.2. The smallest absolute Gasteiger partial charge is 0.343 e. The molecule has 2 N–H and O–H groups in total. The molecule has 452 valence electrons. The third kappa shape index (κ3) is 11.3. The van der Waals surface area contributed by atoms with Gasteiger partial charge >= 0.3 is 11.9 Å². The van der Waals surface area contributed by atoms with E-state index in [9.17, 15) is 33.8 Å². The lowest BCUT2D eigenvalue weighted by Gasteiger charge is -2.35. The van der Waals surface area contributed by atoms with Crippen molar-refractivity contribution in [2.24, 2.45) is 0 Å². The van der Waals surface area contributed by atoms with E-state index < -0.39 is 45.6 Å². The summed E-state index contributed by atoms with van der Waals surface area (Å²) in [4.78, 5) is 61.4. The largest absolute Gasteiger partial charge is 0.458 e. The molecule has 6 aromatic rings. The molecule has 4 aliphatic heterocycles. The number of rotatable bonds is 10. The van der Waals surface area contributed by atoms with E-state index in [0.29, 0.717) is 99.0 Å². The summed E-state index contributed by atoms with van der Waals surface area (Å²) in [6.45, 7) is 34.5. The number of benzene rings is 2. The average molecular weight is 1260 g/mol. The Morgan fingerprint density at radius 2 is 1.08 bits per heavy atom. The maximum absolute atomic E-state index is 15.3. The zero-order valence-corrected chi connectivity index (χ0v) is 55.5. The van der Waals surface area contributed by atoms with Gasteiger partial charge in [-0.15, -0.1) is 12.3 Å². The number of hydrogen-bond donors (Lipinski definition) is 2. The van der Waals surface area contributed by atoms with Crippen molar-refractivity contribution < 1.29 is 46.9 Å². The van der Waals surface area contributed by atoms with Gasteiger partial charge in [-0.05, 0) is 121 Å². The number of cyclic esters (lactones) is 2. The molecule has 0 amide bonds. The van der Waals surface area contributed by atoms with Crippen molar-refractivity contribution >= 4 is 66.3 Å². The number of fused-ring (bicyclic) bond motifs is 10. The van der Waals surface area contributed by atoms with Crippen molar-refractivity contribution in [3.8, 4) is 47.0 Å². The minimum Gasteiger partial charge on any atom is -0.458 e. The quantitative estimate of drug-likeness (QED) is 0.0573. The number of aromatic nitrogens is 4. The lowest BCUT2D eigenvalue weighted by atomic mass is 9.86. The Bertz CT molecular complexity index is 3990. The summed E-state index contributed by atoms with van der Waals surface area (Å²) in [6.07, 6.45) is 7.85. The number of terminal acetylenes is 1. The third-order valence-electron chi connectivity index (χ3n) is 18.4. The molecule has 0 bridgehead atoms. The monoisotopic (exact) mass is 1260 g/mol. The van der Waals surface area contributed by atoms with Crippen LogP contribution >= 0.6 is 15.9 Å². The topological polar surface area (TPSA) is 181 Å². The van der Waals surface area contributed by atoms with Gasteiger partial charge in [-0.2, -0.15) is 0 Å². The fourth-order valence-electron chi connectivity index (χ4n) is 11.0. The Morgan fingerprint density at radius 3 is 1.49 bits per heavy atom. The molecule has 4 aliphatic rings. The van der Waals surface area contributed by atoms with Gasteiger partial charge in [0.2, 0.25) is 0 Å². The SMILES string of the molecule is C#CCCO[Si](C)(C)C(C)(C)C.CCc1c2c(nc3cc(F)c(C)c(Br)c13)-c1cc3c(c(=O)n1C2)COC(=O)[C@]3(O)CC.CCc1c2c(nc3cc(F)c(C)c(C#CCCO[Si](C)(C)C(C)(C)C)c13)-c1cc3c(c(=O)n1C2)COC(=O)[C@]3(O)CC. The molecule has 0 radical (unpaired) electrons. The van der Waals surface area contributed by atoms with E-state index in [1.807, 2.05) is 13.8 Å². The number of hydrogen-bond acceptors (Lipinski definition) is 12. The van der Waals surface area contributed by atoms with Crippen molar-refractivity contribution in [3.63, 3.8) is 0 Å². The number of aryl methyl sites for hydroxylation is 2. The fourth-order valence-corrected chi connectivity index (χ4v) is 13.7. The maximum atomic E-state index is 15.3. The van der Waals surface area contributed by atoms with E-state index >= 15 is 4.39 Å². The first-order valence-electron chi connectivity index (χ1n) is 29.2. The van der Waals surface area contributed by atoms with Crippen molar-refractivity contribution in [1.29, 1.82) is 0 Å². The van der Waals surface area contributed by atoms with Crippen LogP contribution in [-0.4, -0.2) is 71.1 Å². The lowest BCUT2D eigenvalue weighted by molar-refractivity contribution is -0.172. The number of ether oxygens (including phenoxy) is 2. The summed E-state index contributed by atoms with van der Waals surface area (Å²) in [5.74, 6) is 6.75. The van der Waals surface area contributed by atoms with Gasteiger partial charge < -0.3 is 37.7 Å². The highest BCUT2D eigenvalue weighted by Crippen LogP contribution is 2.45. The molecule has 0 spiro atoms. The maximum Gasteiger partial charge on any atom is 0.343 e. The van der Waals surface area contributed by atoms with Crippen LogP contribution in [0.5, 0.6) is 0 Å². The summed E-state index contributed by atoms with van der Waals surface area (Å²) in [5.41, 5.74) is 5.07. The highest BCUT2D eigenvalue weighted by molar-refractivity contribution is 9.10. The molecule has 0 saturated heterocycles. The summed E-state index contributed by atoms with van der Waals surface area (Å²) < 4.78 is 56.0. The van der Waals surface area contributed by atoms with Crippen LogP contribution in [0.25, 0.3) is 44.6 Å². The van der Waals surface area contributed by atoms with Gasteiger partial charge in [0.25, 0.3) is 11.1 Å². The van der Waals surface area contributed by atoms with E-state index in [1.165, 1.54) is 12.1 Å². The number of pyridine rings is 4. The van der Waals surface area contributed by atoms with Crippen molar-refractivity contribution in [1.82, 2.24) is 19.1 Å². The fraction of sp³-hybridized carbons (Fsp3) is 0.485. The number of halogens is 3. The summed E-state index contributed by atoms with van der Waals surface area (Å²) in [7, 11) is -3.43. The molecule has 0 unspecified atom stereocenters. The molecular formula is C66H79BrF2N4O10Si2. The zero-order valence-electron chi connectivity index (χ0n) is 52.0. The van der Waals surface area contributed by atoms with Gasteiger partial charge in [-0.3, -0.25) is 9.59 Å². The third-order valence-corrected chi connectivity index (χ3v) is 28.5. The van der Waals surface area contributed by atoms with Crippen LogP contribution in [0.15, 0.2) is 38.3 Å². The molecule has 4 aromatic heterocycles.